The molecule has 7 heteroatoms. The van der Waals surface area contributed by atoms with E-state index in [0.717, 1.165) is 32.4 Å². The van der Waals surface area contributed by atoms with Crippen LogP contribution in [0.2, 0.25) is 0 Å². The van der Waals surface area contributed by atoms with Gasteiger partial charge in [-0.15, -0.1) is 0 Å². The van der Waals surface area contributed by atoms with E-state index in [2.05, 4.69) is 23.8 Å². The van der Waals surface area contributed by atoms with Crippen molar-refractivity contribution in [3.05, 3.63) is 15.8 Å². The van der Waals surface area contributed by atoms with Crippen LogP contribution >= 0.6 is 0 Å². The second-order valence-electron chi connectivity index (χ2n) is 6.10. The van der Waals surface area contributed by atoms with Gasteiger partial charge in [-0.2, -0.15) is 4.98 Å². The normalized spacial score (nSPS) is 18.6. The van der Waals surface area contributed by atoms with Gasteiger partial charge < -0.3 is 10.6 Å². The van der Waals surface area contributed by atoms with Crippen LogP contribution in [-0.2, 0) is 0 Å². The summed E-state index contributed by atoms with van der Waals surface area (Å²) in [5, 5.41) is 11.3. The molecule has 0 spiro atoms. The predicted molar refractivity (Wildman–Crippen MR) is 77.7 cm³/mol. The molecule has 0 aliphatic carbocycles. The van der Waals surface area contributed by atoms with Crippen molar-refractivity contribution in [2.75, 3.05) is 23.7 Å². The van der Waals surface area contributed by atoms with Crippen LogP contribution in [0.1, 0.15) is 38.8 Å². The molecule has 1 aromatic heterocycles. The van der Waals surface area contributed by atoms with Crippen molar-refractivity contribution in [3.8, 4) is 0 Å². The van der Waals surface area contributed by atoms with Gasteiger partial charge in [0.05, 0.1) is 4.92 Å². The molecule has 1 fully saturated rings. The molecule has 0 unspecified atom stereocenters. The smallest absolute Gasteiger partial charge is 0.332 e. The Hall–Kier alpha value is -1.92. The second-order valence-corrected chi connectivity index (χ2v) is 6.10. The van der Waals surface area contributed by atoms with Gasteiger partial charge in [0, 0.05) is 13.1 Å². The molecule has 0 atom stereocenters. The van der Waals surface area contributed by atoms with E-state index in [-0.39, 0.29) is 17.1 Å². The SMILES string of the molecule is Cc1nc(N)nc(N2CCCC(C)(C)CC2)c1[N+](=O)[O-]. The Balaban J connectivity index is 2.39. The van der Waals surface area contributed by atoms with Crippen molar-refractivity contribution in [1.29, 1.82) is 0 Å². The minimum absolute atomic E-state index is 0.0288. The Morgan fingerprint density at radius 2 is 2.00 bits per heavy atom. The highest BCUT2D eigenvalue weighted by molar-refractivity contribution is 5.62. The van der Waals surface area contributed by atoms with Crippen molar-refractivity contribution in [2.45, 2.75) is 40.0 Å². The summed E-state index contributed by atoms with van der Waals surface area (Å²) >= 11 is 0. The molecule has 2 heterocycles. The van der Waals surface area contributed by atoms with E-state index >= 15 is 0 Å². The molecule has 2 rings (SSSR count). The molecule has 1 aliphatic rings. The number of nitro groups is 1. The number of aryl methyl sites for hydroxylation is 1. The molecule has 1 saturated heterocycles. The van der Waals surface area contributed by atoms with E-state index in [1.165, 1.54) is 0 Å². The zero-order chi connectivity index (χ0) is 14.9. The standard InChI is InChI=1S/C13H21N5O2/c1-9-10(18(19)20)11(16-12(14)15-9)17-7-4-5-13(2,3)6-8-17/h4-8H2,1-3H3,(H2,14,15,16). The van der Waals surface area contributed by atoms with Crippen LogP contribution in [0.15, 0.2) is 0 Å². The number of rotatable bonds is 2. The molecule has 20 heavy (non-hydrogen) atoms. The Labute approximate surface area is 118 Å². The second kappa shape index (κ2) is 5.22. The fraction of sp³-hybridized carbons (Fsp3) is 0.692. The third kappa shape index (κ3) is 2.97. The zero-order valence-electron chi connectivity index (χ0n) is 12.2. The van der Waals surface area contributed by atoms with Gasteiger partial charge >= 0.3 is 5.69 Å². The molecule has 0 radical (unpaired) electrons. The van der Waals surface area contributed by atoms with Gasteiger partial charge in [0.25, 0.3) is 0 Å². The maximum Gasteiger partial charge on any atom is 0.332 e. The minimum Gasteiger partial charge on any atom is -0.368 e. The zero-order valence-corrected chi connectivity index (χ0v) is 12.2. The van der Waals surface area contributed by atoms with Crippen LogP contribution in [0, 0.1) is 22.5 Å². The summed E-state index contributed by atoms with van der Waals surface area (Å²) in [7, 11) is 0. The number of nitrogens with two attached hydrogens (primary N) is 1. The summed E-state index contributed by atoms with van der Waals surface area (Å²) in [5.41, 5.74) is 6.21. The quantitative estimate of drug-likeness (QED) is 0.658. The summed E-state index contributed by atoms with van der Waals surface area (Å²) < 4.78 is 0. The lowest BCUT2D eigenvalue weighted by Gasteiger charge is -2.24. The molecule has 1 aliphatic heterocycles. The Morgan fingerprint density at radius 3 is 2.65 bits per heavy atom. The number of aromatic nitrogens is 2. The van der Waals surface area contributed by atoms with Gasteiger partial charge in [-0.1, -0.05) is 13.8 Å². The maximum absolute atomic E-state index is 11.3. The summed E-state index contributed by atoms with van der Waals surface area (Å²) in [4.78, 5) is 20.8. The van der Waals surface area contributed by atoms with Crippen molar-refractivity contribution in [3.63, 3.8) is 0 Å². The van der Waals surface area contributed by atoms with Crippen molar-refractivity contribution in [1.82, 2.24) is 9.97 Å². The largest absolute Gasteiger partial charge is 0.368 e. The van der Waals surface area contributed by atoms with Crippen LogP contribution in [0.4, 0.5) is 17.5 Å². The number of nitrogens with zero attached hydrogens (tertiary/aromatic N) is 4. The highest BCUT2D eigenvalue weighted by Crippen LogP contribution is 2.35. The lowest BCUT2D eigenvalue weighted by atomic mass is 9.85. The van der Waals surface area contributed by atoms with Gasteiger partial charge in [0.15, 0.2) is 0 Å². The lowest BCUT2D eigenvalue weighted by Crippen LogP contribution is -2.27. The third-order valence-corrected chi connectivity index (χ3v) is 3.88. The van der Waals surface area contributed by atoms with E-state index in [1.807, 2.05) is 4.90 Å². The molecule has 7 nitrogen and oxygen atoms in total. The van der Waals surface area contributed by atoms with Crippen molar-refractivity contribution >= 4 is 17.5 Å². The maximum atomic E-state index is 11.3. The molecule has 0 bridgehead atoms. The lowest BCUT2D eigenvalue weighted by molar-refractivity contribution is -0.385. The summed E-state index contributed by atoms with van der Waals surface area (Å²) in [6.45, 7) is 7.57. The highest BCUT2D eigenvalue weighted by Gasteiger charge is 2.29. The highest BCUT2D eigenvalue weighted by atomic mass is 16.6. The topological polar surface area (TPSA) is 98.2 Å². The number of anilines is 2. The first kappa shape index (κ1) is 14.5. The molecule has 110 valence electrons. The molecule has 1 aromatic rings. The van der Waals surface area contributed by atoms with Crippen LogP contribution in [-0.4, -0.2) is 28.0 Å². The minimum atomic E-state index is -0.417. The molecular formula is C13H21N5O2. The Morgan fingerprint density at radius 1 is 1.30 bits per heavy atom. The first-order valence-electron chi connectivity index (χ1n) is 6.84. The average Bonchev–Trinajstić information content (AvgIpc) is 2.48. The van der Waals surface area contributed by atoms with Gasteiger partial charge in [0.1, 0.15) is 5.69 Å². The van der Waals surface area contributed by atoms with Crippen molar-refractivity contribution in [2.24, 2.45) is 5.41 Å². The number of hydrogen-bond donors (Lipinski definition) is 1. The van der Waals surface area contributed by atoms with E-state index < -0.39 is 4.92 Å². The fourth-order valence-corrected chi connectivity index (χ4v) is 2.64. The van der Waals surface area contributed by atoms with Gasteiger partial charge in [-0.3, -0.25) is 10.1 Å². The van der Waals surface area contributed by atoms with Gasteiger partial charge in [0.2, 0.25) is 11.8 Å². The van der Waals surface area contributed by atoms with E-state index in [9.17, 15) is 10.1 Å². The Kier molecular flexibility index (Phi) is 3.78. The van der Waals surface area contributed by atoms with Crippen LogP contribution in [0.3, 0.4) is 0 Å². The van der Waals surface area contributed by atoms with Crippen LogP contribution < -0.4 is 10.6 Å². The first-order valence-corrected chi connectivity index (χ1v) is 6.84. The van der Waals surface area contributed by atoms with Gasteiger partial charge in [-0.05, 0) is 31.6 Å². The number of hydrogen-bond acceptors (Lipinski definition) is 6. The predicted octanol–water partition coefficient (Wildman–Crippen LogP) is 2.29. The summed E-state index contributed by atoms with van der Waals surface area (Å²) in [6.07, 6.45) is 3.08. The summed E-state index contributed by atoms with van der Waals surface area (Å²) in [6, 6.07) is 0. The number of nitrogen functional groups attached to an aromatic ring is 1. The van der Waals surface area contributed by atoms with E-state index in [4.69, 9.17) is 5.73 Å². The molecule has 0 aromatic carbocycles. The van der Waals surface area contributed by atoms with E-state index in [0.29, 0.717) is 11.5 Å². The molecule has 0 amide bonds. The third-order valence-electron chi connectivity index (χ3n) is 3.88. The fourth-order valence-electron chi connectivity index (χ4n) is 2.64. The molecular weight excluding hydrogens is 258 g/mol. The van der Waals surface area contributed by atoms with Crippen molar-refractivity contribution < 1.29 is 4.92 Å². The van der Waals surface area contributed by atoms with Crippen LogP contribution in [0.25, 0.3) is 0 Å². The average molecular weight is 279 g/mol. The Bertz CT molecular complexity index is 530. The first-order chi connectivity index (χ1) is 9.30. The monoisotopic (exact) mass is 279 g/mol. The van der Waals surface area contributed by atoms with Gasteiger partial charge in [-0.25, -0.2) is 4.98 Å². The molecule has 2 N–H and O–H groups in total. The molecule has 0 saturated carbocycles. The van der Waals surface area contributed by atoms with E-state index in [1.54, 1.807) is 6.92 Å². The van der Waals surface area contributed by atoms with Crippen LogP contribution in [0.5, 0.6) is 0 Å². The summed E-state index contributed by atoms with van der Waals surface area (Å²) in [5.74, 6) is 0.448.